The van der Waals surface area contributed by atoms with Gasteiger partial charge >= 0.3 is 0 Å². The molecular formula is C26H23N3O3. The van der Waals surface area contributed by atoms with Crippen molar-refractivity contribution >= 4 is 29.3 Å². The van der Waals surface area contributed by atoms with E-state index in [0.29, 0.717) is 22.7 Å². The molecule has 160 valence electrons. The normalized spacial score (nSPS) is 10.7. The van der Waals surface area contributed by atoms with Crippen LogP contribution in [0, 0.1) is 25.2 Å². The summed E-state index contributed by atoms with van der Waals surface area (Å²) >= 11 is 0. The van der Waals surface area contributed by atoms with Gasteiger partial charge in [-0.3, -0.25) is 9.59 Å². The summed E-state index contributed by atoms with van der Waals surface area (Å²) in [6.07, 6.45) is 1.48. The molecule has 6 heteroatoms. The molecule has 0 aliphatic heterocycles. The molecule has 0 fully saturated rings. The predicted molar refractivity (Wildman–Crippen MR) is 125 cm³/mol. The molecule has 0 heterocycles. The van der Waals surface area contributed by atoms with E-state index in [9.17, 15) is 14.9 Å². The van der Waals surface area contributed by atoms with Crippen LogP contribution in [-0.2, 0) is 9.59 Å². The Balaban J connectivity index is 1.62. The van der Waals surface area contributed by atoms with E-state index in [1.54, 1.807) is 42.5 Å². The number of carbonyl (C=O) groups excluding carboxylic acids is 2. The first-order chi connectivity index (χ1) is 15.4. The van der Waals surface area contributed by atoms with Gasteiger partial charge in [-0.25, -0.2) is 0 Å². The first-order valence-corrected chi connectivity index (χ1v) is 10.0. The van der Waals surface area contributed by atoms with Gasteiger partial charge in [0.2, 0.25) is 0 Å². The van der Waals surface area contributed by atoms with Crippen molar-refractivity contribution in [3.8, 4) is 11.8 Å². The highest BCUT2D eigenvalue weighted by atomic mass is 16.5. The number of nitriles is 1. The zero-order chi connectivity index (χ0) is 22.9. The number of nitrogens with one attached hydrogen (secondary N) is 2. The molecule has 0 aliphatic carbocycles. The predicted octanol–water partition coefficient (Wildman–Crippen LogP) is 4.87. The number of hydrogen-bond donors (Lipinski definition) is 2. The largest absolute Gasteiger partial charge is 0.484 e. The van der Waals surface area contributed by atoms with Crippen molar-refractivity contribution in [3.63, 3.8) is 0 Å². The lowest BCUT2D eigenvalue weighted by molar-refractivity contribution is -0.118. The van der Waals surface area contributed by atoms with Crippen molar-refractivity contribution < 1.29 is 14.3 Å². The van der Waals surface area contributed by atoms with E-state index in [1.165, 1.54) is 6.08 Å². The van der Waals surface area contributed by atoms with Crippen LogP contribution in [0.25, 0.3) is 6.08 Å². The fourth-order valence-electron chi connectivity index (χ4n) is 2.91. The molecule has 3 rings (SSSR count). The minimum Gasteiger partial charge on any atom is -0.484 e. The summed E-state index contributed by atoms with van der Waals surface area (Å²) in [7, 11) is 0. The third-order valence-electron chi connectivity index (χ3n) is 4.52. The smallest absolute Gasteiger partial charge is 0.266 e. The van der Waals surface area contributed by atoms with Gasteiger partial charge < -0.3 is 15.4 Å². The topological polar surface area (TPSA) is 91.2 Å². The van der Waals surface area contributed by atoms with Crippen LogP contribution in [0.4, 0.5) is 11.4 Å². The van der Waals surface area contributed by atoms with E-state index in [2.05, 4.69) is 10.6 Å². The van der Waals surface area contributed by atoms with E-state index >= 15 is 0 Å². The minimum atomic E-state index is -0.500. The maximum atomic E-state index is 12.4. The van der Waals surface area contributed by atoms with Crippen LogP contribution < -0.4 is 15.4 Å². The minimum absolute atomic E-state index is 0.0417. The van der Waals surface area contributed by atoms with Crippen molar-refractivity contribution in [2.75, 3.05) is 17.2 Å². The van der Waals surface area contributed by atoms with E-state index in [0.717, 1.165) is 11.1 Å². The SMILES string of the molecule is Cc1ccc(NC(=O)/C(C#N)=C\c2cccc(OCC(=O)Nc3cccc(C)c3)c2)cc1. The Kier molecular flexibility index (Phi) is 7.39. The molecule has 2 amide bonds. The van der Waals surface area contributed by atoms with Crippen LogP contribution in [-0.4, -0.2) is 18.4 Å². The van der Waals surface area contributed by atoms with E-state index < -0.39 is 5.91 Å². The van der Waals surface area contributed by atoms with Gasteiger partial charge in [-0.05, 0) is 67.4 Å². The summed E-state index contributed by atoms with van der Waals surface area (Å²) in [4.78, 5) is 24.6. The van der Waals surface area contributed by atoms with Crippen LogP contribution in [0.5, 0.6) is 5.75 Å². The third kappa shape index (κ3) is 6.57. The number of rotatable bonds is 7. The molecule has 0 spiro atoms. The van der Waals surface area contributed by atoms with Crippen molar-refractivity contribution in [2.45, 2.75) is 13.8 Å². The Hall–Kier alpha value is -4.37. The van der Waals surface area contributed by atoms with Gasteiger partial charge in [0, 0.05) is 11.4 Å². The molecule has 0 aliphatic rings. The standard InChI is InChI=1S/C26H23N3O3/c1-18-9-11-22(12-10-18)29-26(31)21(16-27)14-20-6-4-8-24(15-20)32-17-25(30)28-23-7-3-5-19(2)13-23/h3-15H,17H2,1-2H3,(H,28,30)(H,29,31)/b21-14-. The zero-order valence-corrected chi connectivity index (χ0v) is 17.9. The number of benzene rings is 3. The fourth-order valence-corrected chi connectivity index (χ4v) is 2.91. The Morgan fingerprint density at radius 3 is 2.38 bits per heavy atom. The van der Waals surface area contributed by atoms with Crippen molar-refractivity contribution in [2.24, 2.45) is 0 Å². The monoisotopic (exact) mass is 425 g/mol. The average molecular weight is 425 g/mol. The Bertz CT molecular complexity index is 1190. The lowest BCUT2D eigenvalue weighted by atomic mass is 10.1. The van der Waals surface area contributed by atoms with Gasteiger partial charge in [0.15, 0.2) is 6.61 Å². The van der Waals surface area contributed by atoms with Gasteiger partial charge in [-0.1, -0.05) is 42.0 Å². The molecular weight excluding hydrogens is 402 g/mol. The highest BCUT2D eigenvalue weighted by molar-refractivity contribution is 6.09. The van der Waals surface area contributed by atoms with Crippen LogP contribution >= 0.6 is 0 Å². The maximum absolute atomic E-state index is 12.4. The van der Waals surface area contributed by atoms with Gasteiger partial charge in [-0.15, -0.1) is 0 Å². The highest BCUT2D eigenvalue weighted by Crippen LogP contribution is 2.17. The summed E-state index contributed by atoms with van der Waals surface area (Å²) in [5.74, 6) is -0.332. The summed E-state index contributed by atoms with van der Waals surface area (Å²) in [5.41, 5.74) is 4.00. The number of amides is 2. The van der Waals surface area contributed by atoms with Gasteiger partial charge in [0.1, 0.15) is 17.4 Å². The van der Waals surface area contributed by atoms with E-state index in [1.807, 2.05) is 50.2 Å². The van der Waals surface area contributed by atoms with Gasteiger partial charge in [0.05, 0.1) is 0 Å². The number of aryl methyl sites for hydroxylation is 2. The molecule has 3 aromatic carbocycles. The Labute approximate surface area is 187 Å². The summed E-state index contributed by atoms with van der Waals surface area (Å²) in [5, 5.41) is 14.9. The van der Waals surface area contributed by atoms with Crippen LogP contribution in [0.15, 0.2) is 78.4 Å². The zero-order valence-electron chi connectivity index (χ0n) is 17.9. The molecule has 0 radical (unpaired) electrons. The number of ether oxygens (including phenoxy) is 1. The van der Waals surface area contributed by atoms with E-state index in [4.69, 9.17) is 4.74 Å². The number of carbonyl (C=O) groups is 2. The second kappa shape index (κ2) is 10.6. The van der Waals surface area contributed by atoms with E-state index in [-0.39, 0.29) is 18.1 Å². The van der Waals surface area contributed by atoms with Gasteiger partial charge in [-0.2, -0.15) is 5.26 Å². The summed E-state index contributed by atoms with van der Waals surface area (Å²) in [6, 6.07) is 23.6. The van der Waals surface area contributed by atoms with Crippen LogP contribution in [0.2, 0.25) is 0 Å². The maximum Gasteiger partial charge on any atom is 0.266 e. The fraction of sp³-hybridized carbons (Fsp3) is 0.115. The third-order valence-corrected chi connectivity index (χ3v) is 4.52. The van der Waals surface area contributed by atoms with Crippen molar-refractivity contribution in [1.82, 2.24) is 0 Å². The van der Waals surface area contributed by atoms with Crippen LogP contribution in [0.3, 0.4) is 0 Å². The molecule has 32 heavy (non-hydrogen) atoms. The summed E-state index contributed by atoms with van der Waals surface area (Å²) < 4.78 is 5.57. The lowest BCUT2D eigenvalue weighted by Gasteiger charge is -2.09. The molecule has 2 N–H and O–H groups in total. The average Bonchev–Trinajstić information content (AvgIpc) is 2.78. The molecule has 6 nitrogen and oxygen atoms in total. The number of nitrogens with zero attached hydrogens (tertiary/aromatic N) is 1. The first-order valence-electron chi connectivity index (χ1n) is 10.0. The Morgan fingerprint density at radius 1 is 0.906 bits per heavy atom. The molecule has 0 bridgehead atoms. The van der Waals surface area contributed by atoms with Crippen LogP contribution in [0.1, 0.15) is 16.7 Å². The van der Waals surface area contributed by atoms with Crippen molar-refractivity contribution in [1.29, 1.82) is 5.26 Å². The summed E-state index contributed by atoms with van der Waals surface area (Å²) in [6.45, 7) is 3.73. The van der Waals surface area contributed by atoms with Crippen molar-refractivity contribution in [3.05, 3.63) is 95.1 Å². The first kappa shape index (κ1) is 22.3. The number of anilines is 2. The van der Waals surface area contributed by atoms with Gasteiger partial charge in [0.25, 0.3) is 11.8 Å². The second-order valence-electron chi connectivity index (χ2n) is 7.27. The highest BCUT2D eigenvalue weighted by Gasteiger charge is 2.10. The lowest BCUT2D eigenvalue weighted by Crippen LogP contribution is -2.20. The molecule has 0 atom stereocenters. The molecule has 0 aromatic heterocycles. The molecule has 0 saturated heterocycles. The molecule has 0 saturated carbocycles. The molecule has 0 unspecified atom stereocenters. The quantitative estimate of drug-likeness (QED) is 0.417. The second-order valence-corrected chi connectivity index (χ2v) is 7.27. The Morgan fingerprint density at radius 2 is 1.66 bits per heavy atom. The number of hydrogen-bond acceptors (Lipinski definition) is 4. The molecule has 3 aromatic rings.